The van der Waals surface area contributed by atoms with Crippen LogP contribution in [0, 0.1) is 11.2 Å². The van der Waals surface area contributed by atoms with Gasteiger partial charge in [0.25, 0.3) is 5.95 Å². The van der Waals surface area contributed by atoms with E-state index in [-0.39, 0.29) is 34.0 Å². The summed E-state index contributed by atoms with van der Waals surface area (Å²) in [5.74, 6) is -2.41. The van der Waals surface area contributed by atoms with E-state index in [1.807, 2.05) is 12.1 Å². The fourth-order valence-corrected chi connectivity index (χ4v) is 6.20. The third-order valence-corrected chi connectivity index (χ3v) is 9.67. The van der Waals surface area contributed by atoms with Crippen LogP contribution in [0.4, 0.5) is 26.5 Å². The Morgan fingerprint density at radius 2 is 1.59 bits per heavy atom. The molecule has 16 heteroatoms. The maximum absolute atomic E-state index is 13.9. The van der Waals surface area contributed by atoms with Crippen molar-refractivity contribution in [3.63, 3.8) is 0 Å². The van der Waals surface area contributed by atoms with Gasteiger partial charge in [0, 0.05) is 29.8 Å². The first-order valence-electron chi connectivity index (χ1n) is 16.8. The summed E-state index contributed by atoms with van der Waals surface area (Å²) < 4.78 is 50.6. The third kappa shape index (κ3) is 9.01. The average Bonchev–Trinajstić information content (AvgIpc) is 3.53. The lowest BCUT2D eigenvalue weighted by Crippen LogP contribution is -2.51. The third-order valence-electron chi connectivity index (χ3n) is 8.56. The van der Waals surface area contributed by atoms with Crippen molar-refractivity contribution in [3.05, 3.63) is 96.4 Å². The van der Waals surface area contributed by atoms with Gasteiger partial charge in [-0.2, -0.15) is 4.98 Å². The average molecular weight is 761 g/mol. The molecular weight excluding hydrogens is 720 g/mol. The summed E-state index contributed by atoms with van der Waals surface area (Å²) in [4.78, 5) is 44.3. The van der Waals surface area contributed by atoms with E-state index < -0.39 is 45.5 Å². The highest BCUT2D eigenvalue weighted by atomic mass is 32.2. The van der Waals surface area contributed by atoms with Crippen molar-refractivity contribution in [3.8, 4) is 16.9 Å². The van der Waals surface area contributed by atoms with Crippen LogP contribution >= 0.6 is 0 Å². The molecule has 2 heterocycles. The number of carboxylic acid groups (broad SMARTS) is 1. The quantitative estimate of drug-likeness (QED) is 0.120. The standard InChI is InChI=1S/C38H41FN6O8S/c1-22(24-8-13-27(39)14-9-24)34(46)41-28-15-10-25(11-16-28)26-12-19-32-42-36(43-44(32)21-26)45(30-18-17-29(54(7,50)51)20-31(30)52-6)37(49)53-23(2)40-33(35(47)48)38(3,4)5/h8-23,33,40H,1-7H3,(H,41,46)(H,47,48)/t22-,23?,33-/m1/s1. The van der Waals surface area contributed by atoms with E-state index in [4.69, 9.17) is 9.47 Å². The number of carbonyl (C=O) groups is 3. The fourth-order valence-electron chi connectivity index (χ4n) is 5.56. The van der Waals surface area contributed by atoms with Crippen molar-refractivity contribution in [1.29, 1.82) is 0 Å². The maximum atomic E-state index is 13.9. The lowest BCUT2D eigenvalue weighted by Gasteiger charge is -2.31. The first-order valence-corrected chi connectivity index (χ1v) is 18.7. The number of pyridine rings is 1. The number of ether oxygens (including phenoxy) is 2. The Kier molecular flexibility index (Phi) is 11.4. The summed E-state index contributed by atoms with van der Waals surface area (Å²) in [6, 6.07) is 19.2. The van der Waals surface area contributed by atoms with Gasteiger partial charge in [-0.05, 0) is 78.9 Å². The number of benzene rings is 3. The van der Waals surface area contributed by atoms with Crippen LogP contribution in [0.5, 0.6) is 5.75 Å². The molecule has 0 saturated carbocycles. The van der Waals surface area contributed by atoms with Crippen LogP contribution in [0.25, 0.3) is 16.8 Å². The van der Waals surface area contributed by atoms with Gasteiger partial charge >= 0.3 is 12.1 Å². The summed E-state index contributed by atoms with van der Waals surface area (Å²) in [6.07, 6.45) is 0.635. The highest BCUT2D eigenvalue weighted by Crippen LogP contribution is 2.36. The zero-order valence-electron chi connectivity index (χ0n) is 30.7. The topological polar surface area (TPSA) is 182 Å². The van der Waals surface area contributed by atoms with E-state index >= 15 is 0 Å². The molecule has 0 aliphatic carbocycles. The van der Waals surface area contributed by atoms with Gasteiger partial charge in [0.1, 0.15) is 17.6 Å². The number of nitrogens with zero attached hydrogens (tertiary/aromatic N) is 4. The van der Waals surface area contributed by atoms with Crippen molar-refractivity contribution in [2.45, 2.75) is 57.7 Å². The number of amides is 2. The molecule has 284 valence electrons. The molecule has 2 amide bonds. The molecule has 0 radical (unpaired) electrons. The Morgan fingerprint density at radius 1 is 0.944 bits per heavy atom. The summed E-state index contributed by atoms with van der Waals surface area (Å²) in [6.45, 7) is 8.40. The smallest absolute Gasteiger partial charge is 0.423 e. The minimum atomic E-state index is -3.64. The van der Waals surface area contributed by atoms with Gasteiger partial charge in [-0.25, -0.2) is 27.0 Å². The summed E-state index contributed by atoms with van der Waals surface area (Å²) in [7, 11) is -2.33. The Morgan fingerprint density at radius 3 is 2.19 bits per heavy atom. The Hall–Kier alpha value is -5.87. The first-order chi connectivity index (χ1) is 25.3. The van der Waals surface area contributed by atoms with Crippen LogP contribution in [0.15, 0.2) is 90.0 Å². The number of methoxy groups -OCH3 is 1. The number of sulfone groups is 1. The summed E-state index contributed by atoms with van der Waals surface area (Å²) >= 11 is 0. The molecular formula is C38H41FN6O8S. The lowest BCUT2D eigenvalue weighted by molar-refractivity contribution is -0.143. The van der Waals surface area contributed by atoms with Crippen molar-refractivity contribution < 1.29 is 41.8 Å². The van der Waals surface area contributed by atoms with Crippen molar-refractivity contribution in [1.82, 2.24) is 19.9 Å². The number of nitrogens with one attached hydrogen (secondary N) is 2. The minimum absolute atomic E-state index is 0.00683. The highest BCUT2D eigenvalue weighted by molar-refractivity contribution is 7.90. The minimum Gasteiger partial charge on any atom is -0.495 e. The molecule has 0 bridgehead atoms. The molecule has 0 fully saturated rings. The summed E-state index contributed by atoms with van der Waals surface area (Å²) in [5, 5.41) is 20.0. The Labute approximate surface area is 311 Å². The van der Waals surface area contributed by atoms with E-state index in [1.54, 1.807) is 70.3 Å². The molecule has 3 atom stereocenters. The van der Waals surface area contributed by atoms with Crippen LogP contribution in [0.3, 0.4) is 0 Å². The fraction of sp³-hybridized carbons (Fsp3) is 0.289. The Bertz CT molecular complexity index is 2290. The van der Waals surface area contributed by atoms with E-state index in [0.717, 1.165) is 22.3 Å². The van der Waals surface area contributed by atoms with Crippen LogP contribution in [-0.2, 0) is 24.2 Å². The van der Waals surface area contributed by atoms with Crippen molar-refractivity contribution >= 4 is 50.8 Å². The predicted octanol–water partition coefficient (Wildman–Crippen LogP) is 6.40. The second-order valence-electron chi connectivity index (χ2n) is 13.7. The number of fused-ring (bicyclic) bond motifs is 1. The molecule has 54 heavy (non-hydrogen) atoms. The Balaban J connectivity index is 1.44. The second kappa shape index (κ2) is 15.6. The molecule has 3 N–H and O–H groups in total. The number of aromatic nitrogens is 3. The SMILES string of the molecule is COc1cc(S(C)(=O)=O)ccc1N(C(=O)OC(C)N[C@H](C(=O)O)C(C)(C)C)c1nc2ccc(-c3ccc(NC(=O)[C@H](C)c4ccc(F)cc4)cc3)cn2n1. The van der Waals surface area contributed by atoms with Gasteiger partial charge < -0.3 is 19.9 Å². The van der Waals surface area contributed by atoms with E-state index in [9.17, 15) is 32.3 Å². The number of anilines is 3. The maximum Gasteiger partial charge on any atom is 0.423 e. The van der Waals surface area contributed by atoms with Crippen LogP contribution < -0.4 is 20.3 Å². The molecule has 5 aromatic rings. The van der Waals surface area contributed by atoms with Gasteiger partial charge in [0.15, 0.2) is 21.7 Å². The van der Waals surface area contributed by atoms with Crippen molar-refractivity contribution in [2.24, 2.45) is 5.41 Å². The monoisotopic (exact) mass is 760 g/mol. The molecule has 2 aromatic heterocycles. The zero-order chi connectivity index (χ0) is 39.5. The first kappa shape index (κ1) is 39.3. The number of carbonyl (C=O) groups excluding carboxylic acids is 2. The van der Waals surface area contributed by atoms with Crippen LogP contribution in [-0.4, -0.2) is 71.7 Å². The predicted molar refractivity (Wildman–Crippen MR) is 200 cm³/mol. The molecule has 14 nitrogen and oxygen atoms in total. The number of rotatable bonds is 12. The lowest BCUT2D eigenvalue weighted by atomic mass is 9.87. The highest BCUT2D eigenvalue weighted by Gasteiger charge is 2.35. The van der Waals surface area contributed by atoms with Gasteiger partial charge in [0.05, 0.1) is 23.6 Å². The number of hydrogen-bond donors (Lipinski definition) is 3. The number of halogens is 1. The molecule has 3 aromatic carbocycles. The zero-order valence-corrected chi connectivity index (χ0v) is 31.5. The van der Waals surface area contributed by atoms with E-state index in [0.29, 0.717) is 16.9 Å². The van der Waals surface area contributed by atoms with Crippen LogP contribution in [0.1, 0.15) is 46.1 Å². The van der Waals surface area contributed by atoms with Gasteiger partial charge in [-0.1, -0.05) is 45.0 Å². The normalized spacial score (nSPS) is 13.5. The van der Waals surface area contributed by atoms with Gasteiger partial charge in [0.2, 0.25) is 5.91 Å². The largest absolute Gasteiger partial charge is 0.495 e. The number of aliphatic carboxylic acids is 1. The van der Waals surface area contributed by atoms with Gasteiger partial charge in [-0.3, -0.25) is 14.9 Å². The van der Waals surface area contributed by atoms with Gasteiger partial charge in [-0.15, -0.1) is 5.10 Å². The molecule has 0 aliphatic rings. The molecule has 0 spiro atoms. The molecule has 5 rings (SSSR count). The van der Waals surface area contributed by atoms with Crippen LogP contribution in [0.2, 0.25) is 0 Å². The van der Waals surface area contributed by atoms with E-state index in [1.165, 1.54) is 48.9 Å². The summed E-state index contributed by atoms with van der Waals surface area (Å²) in [5.41, 5.74) is 2.43. The molecule has 0 saturated heterocycles. The second-order valence-corrected chi connectivity index (χ2v) is 15.8. The molecule has 0 aliphatic heterocycles. The number of hydrogen-bond acceptors (Lipinski definition) is 10. The van der Waals surface area contributed by atoms with Crippen molar-refractivity contribution in [2.75, 3.05) is 23.6 Å². The number of carboxylic acids is 1. The van der Waals surface area contributed by atoms with E-state index in [2.05, 4.69) is 20.7 Å². The molecule has 1 unspecified atom stereocenters.